The van der Waals surface area contributed by atoms with Gasteiger partial charge < -0.3 is 15.8 Å². The molecule has 3 aromatic heterocycles. The number of rotatable bonds is 8. The lowest BCUT2D eigenvalue weighted by Gasteiger charge is -2.12. The van der Waals surface area contributed by atoms with Gasteiger partial charge in [-0.1, -0.05) is 17.3 Å². The molecular formula is C22H25N9O2. The zero-order chi connectivity index (χ0) is 22.8. The molecule has 11 heteroatoms. The Hall–Kier alpha value is -3.86. The molecule has 11 nitrogen and oxygen atoms in total. The quantitative estimate of drug-likeness (QED) is 0.417. The van der Waals surface area contributed by atoms with Crippen molar-refractivity contribution in [2.75, 3.05) is 19.0 Å². The fourth-order valence-electron chi connectivity index (χ4n) is 4.14. The Balaban J connectivity index is 1.34. The number of hydrogen-bond acceptors (Lipinski definition) is 8. The van der Waals surface area contributed by atoms with Crippen LogP contribution in [0.15, 0.2) is 42.9 Å². The van der Waals surface area contributed by atoms with E-state index in [1.54, 1.807) is 18.0 Å². The first-order chi connectivity index (χ1) is 16.1. The van der Waals surface area contributed by atoms with Crippen molar-refractivity contribution in [3.05, 3.63) is 42.9 Å². The van der Waals surface area contributed by atoms with Gasteiger partial charge in [-0.2, -0.15) is 14.8 Å². The second-order valence-electron chi connectivity index (χ2n) is 8.19. The van der Waals surface area contributed by atoms with Gasteiger partial charge in [-0.05, 0) is 37.0 Å². The molecule has 33 heavy (non-hydrogen) atoms. The molecule has 0 aliphatic heterocycles. The third kappa shape index (κ3) is 4.40. The summed E-state index contributed by atoms with van der Waals surface area (Å²) in [4.78, 5) is 20.4. The Morgan fingerprint density at radius 2 is 2.06 bits per heavy atom. The van der Waals surface area contributed by atoms with Crippen molar-refractivity contribution in [1.82, 2.24) is 34.7 Å². The Bertz CT molecular complexity index is 1260. The van der Waals surface area contributed by atoms with Crippen LogP contribution in [0.25, 0.3) is 28.0 Å². The van der Waals surface area contributed by atoms with Gasteiger partial charge in [0.15, 0.2) is 11.2 Å². The third-order valence-corrected chi connectivity index (χ3v) is 5.96. The molecule has 4 aromatic rings. The van der Waals surface area contributed by atoms with Crippen molar-refractivity contribution in [1.29, 1.82) is 0 Å². The summed E-state index contributed by atoms with van der Waals surface area (Å²) in [6, 6.07) is 8.10. The fraction of sp³-hybridized carbons (Fsp3) is 0.364. The molecule has 1 fully saturated rings. The maximum absolute atomic E-state index is 11.4. The summed E-state index contributed by atoms with van der Waals surface area (Å²) in [6.07, 6.45) is 7.82. The van der Waals surface area contributed by atoms with E-state index in [4.69, 9.17) is 10.5 Å². The van der Waals surface area contributed by atoms with Gasteiger partial charge in [0.05, 0.1) is 31.2 Å². The highest BCUT2D eigenvalue weighted by atomic mass is 16.5. The molecule has 0 spiro atoms. The van der Waals surface area contributed by atoms with Crippen LogP contribution in [-0.2, 0) is 16.1 Å². The van der Waals surface area contributed by atoms with E-state index in [1.165, 1.54) is 0 Å². The zero-order valence-electron chi connectivity index (χ0n) is 18.3. The number of hydrogen-bond donors (Lipinski definition) is 2. The number of amides is 1. The molecular weight excluding hydrogens is 422 g/mol. The molecule has 0 bridgehead atoms. The predicted molar refractivity (Wildman–Crippen MR) is 121 cm³/mol. The number of nitrogens with zero attached hydrogens (tertiary/aromatic N) is 7. The van der Waals surface area contributed by atoms with Crippen molar-refractivity contribution >= 4 is 23.0 Å². The normalized spacial score (nSPS) is 18.1. The number of nitrogens with one attached hydrogen (secondary N) is 1. The third-order valence-electron chi connectivity index (χ3n) is 5.96. The zero-order valence-corrected chi connectivity index (χ0v) is 18.3. The molecule has 3 heterocycles. The van der Waals surface area contributed by atoms with E-state index in [2.05, 4.69) is 30.7 Å². The highest BCUT2D eigenvalue weighted by Gasteiger charge is 2.28. The summed E-state index contributed by atoms with van der Waals surface area (Å²) in [5.41, 5.74) is 9.57. The molecule has 2 unspecified atom stereocenters. The summed E-state index contributed by atoms with van der Waals surface area (Å²) in [5, 5.41) is 16.1. The number of primary amides is 1. The van der Waals surface area contributed by atoms with Crippen LogP contribution in [0.5, 0.6) is 0 Å². The number of fused-ring (bicyclic) bond motifs is 1. The number of ether oxygens (including phenoxy) is 1. The Morgan fingerprint density at radius 1 is 1.21 bits per heavy atom. The van der Waals surface area contributed by atoms with Crippen molar-refractivity contribution < 1.29 is 9.53 Å². The smallest absolute Gasteiger partial charge is 0.225 e. The number of carbonyl (C=O) groups excluding carboxylic acids is 1. The second kappa shape index (κ2) is 8.94. The first-order valence-corrected chi connectivity index (χ1v) is 10.9. The van der Waals surface area contributed by atoms with Gasteiger partial charge in [-0.25, -0.2) is 4.98 Å². The van der Waals surface area contributed by atoms with Crippen molar-refractivity contribution in [2.24, 2.45) is 11.7 Å². The minimum Gasteiger partial charge on any atom is -0.383 e. The minimum absolute atomic E-state index is 0.0935. The van der Waals surface area contributed by atoms with Gasteiger partial charge in [0, 0.05) is 30.8 Å². The number of nitrogens with two attached hydrogens (primary N) is 1. The van der Waals surface area contributed by atoms with E-state index in [9.17, 15) is 4.79 Å². The molecule has 170 valence electrons. The number of carbonyl (C=O) groups is 1. The molecule has 2 atom stereocenters. The molecule has 1 aromatic carbocycles. The number of methoxy groups -OCH3 is 1. The number of benzene rings is 1. The van der Waals surface area contributed by atoms with Crippen LogP contribution in [0.4, 0.5) is 5.95 Å². The van der Waals surface area contributed by atoms with E-state index in [-0.39, 0.29) is 17.9 Å². The lowest BCUT2D eigenvalue weighted by molar-refractivity contribution is -0.121. The molecule has 0 saturated heterocycles. The summed E-state index contributed by atoms with van der Waals surface area (Å²) in [5.74, 6) is 0.147. The van der Waals surface area contributed by atoms with E-state index in [0.717, 1.165) is 29.7 Å². The van der Waals surface area contributed by atoms with Crippen LogP contribution >= 0.6 is 0 Å². The molecule has 1 aliphatic carbocycles. The summed E-state index contributed by atoms with van der Waals surface area (Å²) in [6.45, 7) is 1.32. The highest BCUT2D eigenvalue weighted by molar-refractivity contribution is 5.77. The van der Waals surface area contributed by atoms with Gasteiger partial charge in [-0.15, -0.1) is 5.10 Å². The first-order valence-electron chi connectivity index (χ1n) is 10.9. The molecule has 0 radical (unpaired) electrons. The average molecular weight is 448 g/mol. The van der Waals surface area contributed by atoms with Crippen LogP contribution < -0.4 is 11.1 Å². The fourth-order valence-corrected chi connectivity index (χ4v) is 4.14. The molecule has 1 aliphatic rings. The SMILES string of the molecule is COCCn1cc(-c2ccc(-n3nnc4cnc(NC5CCC(C(N)=O)C5)nc43)cc2)cn1. The van der Waals surface area contributed by atoms with Crippen molar-refractivity contribution in [3.8, 4) is 16.8 Å². The van der Waals surface area contributed by atoms with E-state index in [1.807, 2.05) is 41.3 Å². The predicted octanol–water partition coefficient (Wildman–Crippen LogP) is 1.79. The van der Waals surface area contributed by atoms with E-state index < -0.39 is 0 Å². The van der Waals surface area contributed by atoms with Gasteiger partial charge in [0.1, 0.15) is 0 Å². The van der Waals surface area contributed by atoms with Crippen molar-refractivity contribution in [3.63, 3.8) is 0 Å². The lowest BCUT2D eigenvalue weighted by Crippen LogP contribution is -2.23. The Labute approximate surface area is 190 Å². The lowest BCUT2D eigenvalue weighted by atomic mass is 10.1. The summed E-state index contributed by atoms with van der Waals surface area (Å²) in [7, 11) is 1.68. The molecule has 1 saturated carbocycles. The average Bonchev–Trinajstić information content (AvgIpc) is 3.57. The first kappa shape index (κ1) is 21.0. The van der Waals surface area contributed by atoms with Gasteiger partial charge >= 0.3 is 0 Å². The van der Waals surface area contributed by atoms with Crippen LogP contribution in [0, 0.1) is 5.92 Å². The minimum atomic E-state index is -0.247. The molecule has 3 N–H and O–H groups in total. The topological polar surface area (TPSA) is 139 Å². The monoisotopic (exact) mass is 447 g/mol. The van der Waals surface area contributed by atoms with E-state index in [0.29, 0.717) is 36.7 Å². The number of aromatic nitrogens is 7. The van der Waals surface area contributed by atoms with Crippen molar-refractivity contribution in [2.45, 2.75) is 31.8 Å². The Kier molecular flexibility index (Phi) is 5.69. The van der Waals surface area contributed by atoms with Gasteiger partial charge in [0.25, 0.3) is 0 Å². The second-order valence-corrected chi connectivity index (χ2v) is 8.19. The molecule has 5 rings (SSSR count). The van der Waals surface area contributed by atoms with E-state index >= 15 is 0 Å². The van der Waals surface area contributed by atoms with Crippen LogP contribution in [0.1, 0.15) is 19.3 Å². The highest BCUT2D eigenvalue weighted by Crippen LogP contribution is 2.27. The largest absolute Gasteiger partial charge is 0.383 e. The number of anilines is 1. The Morgan fingerprint density at radius 3 is 2.82 bits per heavy atom. The van der Waals surface area contributed by atoms with Crippen LogP contribution in [-0.4, -0.2) is 60.4 Å². The van der Waals surface area contributed by atoms with Gasteiger partial charge in [-0.3, -0.25) is 9.48 Å². The maximum Gasteiger partial charge on any atom is 0.225 e. The summed E-state index contributed by atoms with van der Waals surface area (Å²) < 4.78 is 8.65. The van der Waals surface area contributed by atoms with Crippen LogP contribution in [0.2, 0.25) is 0 Å². The molecule has 1 amide bonds. The maximum atomic E-state index is 11.4. The summed E-state index contributed by atoms with van der Waals surface area (Å²) >= 11 is 0. The van der Waals surface area contributed by atoms with Crippen LogP contribution in [0.3, 0.4) is 0 Å². The van der Waals surface area contributed by atoms with Gasteiger partial charge in [0.2, 0.25) is 11.9 Å². The standard InChI is InChI=1S/C22H25N9O2/c1-33-9-8-30-13-16(11-25-30)14-3-6-18(7-4-14)31-21-19(28-29-31)12-24-22(27-21)26-17-5-2-15(10-17)20(23)32/h3-4,6-7,11-13,15,17H,2,5,8-10H2,1H3,(H2,23,32)(H,24,26,27).